The molecule has 2 nitrogen and oxygen atoms in total. The normalized spacial score (nSPS) is 24.0. The molecule has 0 saturated heterocycles. The minimum atomic E-state index is -0.426. The first kappa shape index (κ1) is 10.1. The SMILES string of the molecule is CCC1(OC)C=CC(=O)c2ccccc21. The van der Waals surface area contributed by atoms with Gasteiger partial charge in [-0.2, -0.15) is 0 Å². The van der Waals surface area contributed by atoms with Crippen molar-refractivity contribution in [3.63, 3.8) is 0 Å². The highest BCUT2D eigenvalue weighted by Crippen LogP contribution is 2.36. The molecule has 0 heterocycles. The number of hydrogen-bond donors (Lipinski definition) is 0. The van der Waals surface area contributed by atoms with Gasteiger partial charge in [-0.3, -0.25) is 4.79 Å². The number of ether oxygens (including phenoxy) is 1. The fraction of sp³-hybridized carbons (Fsp3) is 0.308. The van der Waals surface area contributed by atoms with Gasteiger partial charge >= 0.3 is 0 Å². The molecule has 0 radical (unpaired) electrons. The van der Waals surface area contributed by atoms with Gasteiger partial charge in [-0.1, -0.05) is 31.2 Å². The maximum absolute atomic E-state index is 11.7. The molecule has 15 heavy (non-hydrogen) atoms. The van der Waals surface area contributed by atoms with Gasteiger partial charge in [0.15, 0.2) is 5.78 Å². The lowest BCUT2D eigenvalue weighted by Crippen LogP contribution is -2.30. The fourth-order valence-corrected chi connectivity index (χ4v) is 2.09. The molecule has 0 aliphatic heterocycles. The van der Waals surface area contributed by atoms with Gasteiger partial charge in [0.2, 0.25) is 0 Å². The molecule has 2 heteroatoms. The molecule has 1 unspecified atom stereocenters. The summed E-state index contributed by atoms with van der Waals surface area (Å²) in [5.74, 6) is 0.0618. The van der Waals surface area contributed by atoms with E-state index in [1.807, 2.05) is 30.3 Å². The highest BCUT2D eigenvalue weighted by molar-refractivity contribution is 6.07. The van der Waals surface area contributed by atoms with E-state index in [4.69, 9.17) is 4.74 Å². The molecule has 1 aliphatic carbocycles. The lowest BCUT2D eigenvalue weighted by atomic mass is 9.81. The Morgan fingerprint density at radius 2 is 2.07 bits per heavy atom. The third-order valence-corrected chi connectivity index (χ3v) is 3.04. The molecule has 0 amide bonds. The number of benzene rings is 1. The predicted octanol–water partition coefficient (Wildman–Crippen LogP) is 2.69. The van der Waals surface area contributed by atoms with Crippen molar-refractivity contribution in [1.82, 2.24) is 0 Å². The highest BCUT2D eigenvalue weighted by atomic mass is 16.5. The Kier molecular flexibility index (Phi) is 2.45. The van der Waals surface area contributed by atoms with Crippen LogP contribution in [0.2, 0.25) is 0 Å². The lowest BCUT2D eigenvalue weighted by molar-refractivity contribution is 0.0234. The van der Waals surface area contributed by atoms with E-state index in [1.54, 1.807) is 13.2 Å². The molecule has 1 aromatic rings. The van der Waals surface area contributed by atoms with Gasteiger partial charge < -0.3 is 4.74 Å². The third-order valence-electron chi connectivity index (χ3n) is 3.04. The molecule has 1 atom stereocenters. The molecule has 0 bridgehead atoms. The Labute approximate surface area is 89.6 Å². The second-order valence-electron chi connectivity index (χ2n) is 3.69. The number of carbonyl (C=O) groups excluding carboxylic acids is 1. The van der Waals surface area contributed by atoms with Crippen LogP contribution in [-0.4, -0.2) is 12.9 Å². The monoisotopic (exact) mass is 202 g/mol. The maximum Gasteiger partial charge on any atom is 0.186 e. The number of fused-ring (bicyclic) bond motifs is 1. The summed E-state index contributed by atoms with van der Waals surface area (Å²) in [5, 5.41) is 0. The van der Waals surface area contributed by atoms with Gasteiger partial charge in [0, 0.05) is 12.7 Å². The number of carbonyl (C=O) groups is 1. The zero-order chi connectivity index (χ0) is 10.9. The summed E-state index contributed by atoms with van der Waals surface area (Å²) < 4.78 is 5.56. The van der Waals surface area contributed by atoms with Crippen LogP contribution in [0, 0.1) is 0 Å². The van der Waals surface area contributed by atoms with E-state index in [2.05, 4.69) is 6.92 Å². The van der Waals surface area contributed by atoms with E-state index in [1.165, 1.54) is 0 Å². The highest BCUT2D eigenvalue weighted by Gasteiger charge is 2.33. The molecular formula is C13H14O2. The first-order valence-corrected chi connectivity index (χ1v) is 5.12. The van der Waals surface area contributed by atoms with Crippen LogP contribution >= 0.6 is 0 Å². The quantitative estimate of drug-likeness (QED) is 0.737. The zero-order valence-corrected chi connectivity index (χ0v) is 8.99. The van der Waals surface area contributed by atoms with Crippen molar-refractivity contribution in [2.75, 3.05) is 7.11 Å². The van der Waals surface area contributed by atoms with Crippen LogP contribution in [0.1, 0.15) is 29.3 Å². The van der Waals surface area contributed by atoms with Crippen molar-refractivity contribution < 1.29 is 9.53 Å². The number of hydrogen-bond acceptors (Lipinski definition) is 2. The van der Waals surface area contributed by atoms with Crippen LogP contribution in [0.15, 0.2) is 36.4 Å². The number of methoxy groups -OCH3 is 1. The van der Waals surface area contributed by atoms with E-state index in [0.717, 1.165) is 17.5 Å². The van der Waals surface area contributed by atoms with Crippen molar-refractivity contribution in [3.8, 4) is 0 Å². The Hall–Kier alpha value is -1.41. The van der Waals surface area contributed by atoms with Crippen LogP contribution in [-0.2, 0) is 10.3 Å². The van der Waals surface area contributed by atoms with Gasteiger partial charge in [-0.25, -0.2) is 0 Å². The maximum atomic E-state index is 11.7. The van der Waals surface area contributed by atoms with Crippen LogP contribution < -0.4 is 0 Å². The Balaban J connectivity index is 2.63. The van der Waals surface area contributed by atoms with Crippen LogP contribution in [0.3, 0.4) is 0 Å². The standard InChI is InChI=1S/C13H14O2/c1-3-13(15-2)9-8-12(14)10-6-4-5-7-11(10)13/h4-9H,3H2,1-2H3. The molecule has 0 N–H and O–H groups in total. The van der Waals surface area contributed by atoms with E-state index >= 15 is 0 Å². The average Bonchev–Trinajstić information content (AvgIpc) is 2.31. The van der Waals surface area contributed by atoms with Gasteiger partial charge in [0.05, 0.1) is 0 Å². The van der Waals surface area contributed by atoms with Crippen LogP contribution in [0.4, 0.5) is 0 Å². The van der Waals surface area contributed by atoms with E-state index < -0.39 is 5.60 Å². The molecule has 0 spiro atoms. The minimum absolute atomic E-state index is 0.0618. The Bertz CT molecular complexity index is 414. The van der Waals surface area contributed by atoms with Gasteiger partial charge in [0.25, 0.3) is 0 Å². The number of allylic oxidation sites excluding steroid dienone is 1. The summed E-state index contributed by atoms with van der Waals surface area (Å²) in [5.41, 5.74) is 1.30. The van der Waals surface area contributed by atoms with Crippen molar-refractivity contribution in [2.45, 2.75) is 18.9 Å². The van der Waals surface area contributed by atoms with Crippen LogP contribution in [0.25, 0.3) is 0 Å². The minimum Gasteiger partial charge on any atom is -0.369 e. The second kappa shape index (κ2) is 3.63. The first-order chi connectivity index (χ1) is 7.23. The van der Waals surface area contributed by atoms with Gasteiger partial charge in [-0.05, 0) is 24.1 Å². The predicted molar refractivity (Wildman–Crippen MR) is 58.9 cm³/mol. The average molecular weight is 202 g/mol. The summed E-state index contributed by atoms with van der Waals surface area (Å²) in [7, 11) is 1.68. The smallest absolute Gasteiger partial charge is 0.186 e. The van der Waals surface area contributed by atoms with Crippen molar-refractivity contribution in [3.05, 3.63) is 47.5 Å². The van der Waals surface area contributed by atoms with Crippen molar-refractivity contribution >= 4 is 5.78 Å². The third kappa shape index (κ3) is 1.41. The van der Waals surface area contributed by atoms with Crippen molar-refractivity contribution in [1.29, 1.82) is 0 Å². The molecule has 1 aliphatic rings. The fourth-order valence-electron chi connectivity index (χ4n) is 2.09. The van der Waals surface area contributed by atoms with Crippen molar-refractivity contribution in [2.24, 2.45) is 0 Å². The van der Waals surface area contributed by atoms with Gasteiger partial charge in [-0.15, -0.1) is 0 Å². The summed E-state index contributed by atoms with van der Waals surface area (Å²) in [6, 6.07) is 7.63. The second-order valence-corrected chi connectivity index (χ2v) is 3.69. The Morgan fingerprint density at radius 3 is 2.73 bits per heavy atom. The summed E-state index contributed by atoms with van der Waals surface area (Å²) in [6.45, 7) is 2.06. The molecule has 78 valence electrons. The summed E-state index contributed by atoms with van der Waals surface area (Å²) >= 11 is 0. The molecule has 2 rings (SSSR count). The molecular weight excluding hydrogens is 188 g/mol. The largest absolute Gasteiger partial charge is 0.369 e. The van der Waals surface area contributed by atoms with E-state index in [-0.39, 0.29) is 5.78 Å². The number of rotatable bonds is 2. The van der Waals surface area contributed by atoms with Crippen LogP contribution in [0.5, 0.6) is 0 Å². The molecule has 0 fully saturated rings. The summed E-state index contributed by atoms with van der Waals surface area (Å²) in [4.78, 5) is 11.7. The van der Waals surface area contributed by atoms with Gasteiger partial charge in [0.1, 0.15) is 5.60 Å². The summed E-state index contributed by atoms with van der Waals surface area (Å²) in [6.07, 6.45) is 4.29. The Morgan fingerprint density at radius 1 is 1.33 bits per heavy atom. The lowest BCUT2D eigenvalue weighted by Gasteiger charge is -2.32. The molecule has 0 saturated carbocycles. The van der Waals surface area contributed by atoms with E-state index in [0.29, 0.717) is 0 Å². The zero-order valence-electron chi connectivity index (χ0n) is 8.99. The first-order valence-electron chi connectivity index (χ1n) is 5.12. The molecule has 0 aromatic heterocycles. The topological polar surface area (TPSA) is 26.3 Å². The molecule has 1 aromatic carbocycles. The number of ketones is 1. The van der Waals surface area contributed by atoms with E-state index in [9.17, 15) is 4.79 Å².